The summed E-state index contributed by atoms with van der Waals surface area (Å²) in [6.45, 7) is 5.54. The molecule has 0 amide bonds. The quantitative estimate of drug-likeness (QED) is 0.507. The first-order chi connectivity index (χ1) is 8.26. The Bertz CT molecular complexity index is 436. The van der Waals surface area contributed by atoms with Gasteiger partial charge in [-0.3, -0.25) is 10.2 Å². The summed E-state index contributed by atoms with van der Waals surface area (Å²) in [5, 5.41) is 7.20. The molecule has 0 aliphatic heterocycles. The van der Waals surface area contributed by atoms with Gasteiger partial charge in [-0.1, -0.05) is 24.3 Å². The van der Waals surface area contributed by atoms with Gasteiger partial charge in [-0.2, -0.15) is 0 Å². The van der Waals surface area contributed by atoms with Crippen LogP contribution in [-0.2, 0) is 22.4 Å². The summed E-state index contributed by atoms with van der Waals surface area (Å²) in [6, 6.07) is 7.48. The van der Waals surface area contributed by atoms with Crippen LogP contribution < -0.4 is 5.73 Å². The number of benzene rings is 1. The summed E-state index contributed by atoms with van der Waals surface area (Å²) in [7, 11) is 0. The molecule has 1 rings (SSSR count). The largest absolute Gasteiger partial charge is 0.460 e. The van der Waals surface area contributed by atoms with Crippen molar-refractivity contribution < 1.29 is 9.53 Å². The molecule has 0 atom stereocenters. The number of halogens is 1. The summed E-state index contributed by atoms with van der Waals surface area (Å²) in [6.07, 6.45) is 0.699. The van der Waals surface area contributed by atoms with Gasteiger partial charge in [0, 0.05) is 6.42 Å². The Balaban J connectivity index is 0.00000324. The summed E-state index contributed by atoms with van der Waals surface area (Å²) in [5.74, 6) is -0.100. The van der Waals surface area contributed by atoms with Gasteiger partial charge >= 0.3 is 5.97 Å². The maximum Gasteiger partial charge on any atom is 0.310 e. The van der Waals surface area contributed by atoms with E-state index >= 15 is 0 Å². The molecule has 0 aliphatic rings. The highest BCUT2D eigenvalue weighted by Gasteiger charge is 2.16. The lowest BCUT2D eigenvalue weighted by atomic mass is 10.1. The highest BCUT2D eigenvalue weighted by Crippen LogP contribution is 2.11. The molecule has 4 nitrogen and oxygen atoms in total. The highest BCUT2D eigenvalue weighted by atomic mass is 35.5. The van der Waals surface area contributed by atoms with Gasteiger partial charge in [0.2, 0.25) is 0 Å². The summed E-state index contributed by atoms with van der Waals surface area (Å²) in [4.78, 5) is 11.6. The second-order valence-corrected chi connectivity index (χ2v) is 5.28. The summed E-state index contributed by atoms with van der Waals surface area (Å²) < 4.78 is 5.24. The zero-order valence-corrected chi connectivity index (χ0v) is 12.3. The number of hydrogen-bond acceptors (Lipinski definition) is 3. The predicted molar refractivity (Wildman–Crippen MR) is 78.9 cm³/mol. The van der Waals surface area contributed by atoms with Crippen LogP contribution in [0.25, 0.3) is 0 Å². The van der Waals surface area contributed by atoms with Crippen LogP contribution in [0.15, 0.2) is 24.3 Å². The molecule has 0 spiro atoms. The van der Waals surface area contributed by atoms with Crippen molar-refractivity contribution in [3.05, 3.63) is 35.4 Å². The molecule has 5 heteroatoms. The molecule has 0 heterocycles. The van der Waals surface area contributed by atoms with Crippen LogP contribution in [0.4, 0.5) is 0 Å². The minimum absolute atomic E-state index is 0. The molecule has 1 aromatic rings. The van der Waals surface area contributed by atoms with Crippen LogP contribution in [0, 0.1) is 5.41 Å². The Morgan fingerprint density at radius 1 is 1.16 bits per heavy atom. The SMILES string of the molecule is CC(C)(C)OC(=O)Cc1ccc(CC(=N)N)cc1.Cl. The average molecular weight is 285 g/mol. The number of hydrogen-bond donors (Lipinski definition) is 2. The third-order valence-corrected chi connectivity index (χ3v) is 2.19. The first-order valence-electron chi connectivity index (χ1n) is 5.89. The Morgan fingerprint density at radius 3 is 1.95 bits per heavy atom. The van der Waals surface area contributed by atoms with E-state index in [1.807, 2.05) is 45.0 Å². The number of carbonyl (C=O) groups excluding carboxylic acids is 1. The number of amidine groups is 1. The van der Waals surface area contributed by atoms with Crippen molar-refractivity contribution in [2.24, 2.45) is 5.73 Å². The molecule has 0 saturated carbocycles. The average Bonchev–Trinajstić information content (AvgIpc) is 2.17. The van der Waals surface area contributed by atoms with E-state index in [1.54, 1.807) is 0 Å². The van der Waals surface area contributed by atoms with Crippen LogP contribution in [-0.4, -0.2) is 17.4 Å². The predicted octanol–water partition coefficient (Wildman–Crippen LogP) is 2.47. The van der Waals surface area contributed by atoms with Gasteiger partial charge in [-0.25, -0.2) is 0 Å². The van der Waals surface area contributed by atoms with E-state index in [1.165, 1.54) is 0 Å². The molecule has 0 unspecified atom stereocenters. The molecule has 0 aromatic heterocycles. The Hall–Kier alpha value is -1.55. The standard InChI is InChI=1S/C14H20N2O2.ClH/c1-14(2,3)18-13(17)9-11-6-4-10(5-7-11)8-12(15)16;/h4-7H,8-9H2,1-3H3,(H3,15,16);1H. The zero-order valence-electron chi connectivity index (χ0n) is 11.5. The molecular formula is C14H21ClN2O2. The van der Waals surface area contributed by atoms with Gasteiger partial charge in [0.05, 0.1) is 12.3 Å². The third-order valence-electron chi connectivity index (χ3n) is 2.19. The number of ether oxygens (including phenoxy) is 1. The summed E-state index contributed by atoms with van der Waals surface area (Å²) in [5.41, 5.74) is 6.74. The van der Waals surface area contributed by atoms with Gasteiger partial charge in [-0.15, -0.1) is 12.4 Å². The van der Waals surface area contributed by atoms with Crippen molar-refractivity contribution >= 4 is 24.2 Å². The molecular weight excluding hydrogens is 264 g/mol. The van der Waals surface area contributed by atoms with Gasteiger partial charge in [0.15, 0.2) is 0 Å². The fourth-order valence-corrected chi connectivity index (χ4v) is 1.54. The van der Waals surface area contributed by atoms with Crippen molar-refractivity contribution in [1.82, 2.24) is 0 Å². The van der Waals surface area contributed by atoms with Crippen molar-refractivity contribution in [1.29, 1.82) is 5.41 Å². The fraction of sp³-hybridized carbons (Fsp3) is 0.429. The van der Waals surface area contributed by atoms with Crippen LogP contribution in [0.3, 0.4) is 0 Å². The molecule has 0 radical (unpaired) electrons. The monoisotopic (exact) mass is 284 g/mol. The minimum Gasteiger partial charge on any atom is -0.460 e. The molecule has 1 aromatic carbocycles. The van der Waals surface area contributed by atoms with Crippen LogP contribution in [0.1, 0.15) is 31.9 Å². The molecule has 19 heavy (non-hydrogen) atoms. The Morgan fingerprint density at radius 2 is 1.58 bits per heavy atom. The number of nitrogens with two attached hydrogens (primary N) is 1. The number of rotatable bonds is 4. The fourth-order valence-electron chi connectivity index (χ4n) is 1.54. The van der Waals surface area contributed by atoms with Crippen LogP contribution in [0.5, 0.6) is 0 Å². The van der Waals surface area contributed by atoms with Crippen LogP contribution >= 0.6 is 12.4 Å². The normalized spacial score (nSPS) is 10.5. The Labute approximate surface area is 120 Å². The van der Waals surface area contributed by atoms with E-state index in [0.717, 1.165) is 11.1 Å². The maximum absolute atomic E-state index is 11.6. The van der Waals surface area contributed by atoms with E-state index in [4.69, 9.17) is 15.9 Å². The summed E-state index contributed by atoms with van der Waals surface area (Å²) >= 11 is 0. The molecule has 106 valence electrons. The maximum atomic E-state index is 11.6. The first-order valence-corrected chi connectivity index (χ1v) is 5.89. The van der Waals surface area contributed by atoms with Crippen molar-refractivity contribution in [2.75, 3.05) is 0 Å². The lowest BCUT2D eigenvalue weighted by Gasteiger charge is -2.19. The topological polar surface area (TPSA) is 76.2 Å². The van der Waals surface area contributed by atoms with Gasteiger partial charge in [0.1, 0.15) is 5.60 Å². The third kappa shape index (κ3) is 7.47. The molecule has 0 saturated heterocycles. The number of esters is 1. The zero-order chi connectivity index (χ0) is 13.8. The van der Waals surface area contributed by atoms with Crippen molar-refractivity contribution in [3.8, 4) is 0 Å². The van der Waals surface area contributed by atoms with E-state index < -0.39 is 5.60 Å². The van der Waals surface area contributed by atoms with Crippen molar-refractivity contribution in [3.63, 3.8) is 0 Å². The number of carbonyl (C=O) groups is 1. The van der Waals surface area contributed by atoms with Gasteiger partial charge in [-0.05, 0) is 31.9 Å². The molecule has 0 aliphatic carbocycles. The van der Waals surface area contributed by atoms with E-state index in [2.05, 4.69) is 0 Å². The van der Waals surface area contributed by atoms with Crippen molar-refractivity contribution in [2.45, 2.75) is 39.2 Å². The van der Waals surface area contributed by atoms with E-state index in [9.17, 15) is 4.79 Å². The highest BCUT2D eigenvalue weighted by molar-refractivity contribution is 5.85. The second-order valence-electron chi connectivity index (χ2n) is 5.28. The lowest BCUT2D eigenvalue weighted by molar-refractivity contribution is -0.153. The molecule has 0 fully saturated rings. The smallest absolute Gasteiger partial charge is 0.310 e. The van der Waals surface area contributed by atoms with Crippen LogP contribution in [0.2, 0.25) is 0 Å². The minimum atomic E-state index is -0.453. The second kappa shape index (κ2) is 7.14. The number of nitrogens with one attached hydrogen (secondary N) is 1. The Kier molecular flexibility index (Phi) is 6.56. The molecule has 3 N–H and O–H groups in total. The van der Waals surface area contributed by atoms with E-state index in [-0.39, 0.29) is 30.6 Å². The van der Waals surface area contributed by atoms with Gasteiger partial charge in [0.25, 0.3) is 0 Å². The van der Waals surface area contributed by atoms with Gasteiger partial charge < -0.3 is 10.5 Å². The lowest BCUT2D eigenvalue weighted by Crippen LogP contribution is -2.24. The first kappa shape index (κ1) is 17.4. The van der Waals surface area contributed by atoms with E-state index in [0.29, 0.717) is 6.42 Å². The molecule has 0 bridgehead atoms.